The van der Waals surface area contributed by atoms with Crippen molar-refractivity contribution in [3.63, 3.8) is 0 Å². The van der Waals surface area contributed by atoms with Gasteiger partial charge in [0.1, 0.15) is 31.5 Å². The number of methoxy groups -OCH3 is 1. The normalized spacial score (nSPS) is 16.5. The molecule has 1 aliphatic heterocycles. The van der Waals surface area contributed by atoms with Crippen molar-refractivity contribution in [1.82, 2.24) is 0 Å². The number of nitrogens with zero attached hydrogens (tertiary/aromatic N) is 1. The smallest absolute Gasteiger partial charge is 0.264 e. The Hall–Kier alpha value is -2.13. The maximum atomic E-state index is 13.4. The number of nitrogens with one attached hydrogen (secondary N) is 1. The van der Waals surface area contributed by atoms with Gasteiger partial charge in [0.15, 0.2) is 0 Å². The van der Waals surface area contributed by atoms with Gasteiger partial charge >= 0.3 is 0 Å². The van der Waals surface area contributed by atoms with E-state index in [2.05, 4.69) is 0 Å². The standard InChI is InChI=1S/C20H26N2O5S/c1-26-20-10-6-5-9-19(20)22(28(24,25)18-7-3-2-4-8-18)16-17(23)15-21-11-13-27-14-12-21/h2-10,17,23H,11-16H2,1H3/p+1/t17-/m1/s1. The SMILES string of the molecule is COc1ccccc1N(C[C@H](O)C[NH+]1CCOCC1)S(=O)(=O)c1ccccc1. The first-order chi connectivity index (χ1) is 13.5. The second kappa shape index (κ2) is 9.38. The Kier molecular flexibility index (Phi) is 6.90. The molecule has 2 aromatic rings. The maximum Gasteiger partial charge on any atom is 0.264 e. The second-order valence-corrected chi connectivity index (χ2v) is 8.60. The predicted molar refractivity (Wildman–Crippen MR) is 106 cm³/mol. The number of hydrogen-bond acceptors (Lipinski definition) is 5. The van der Waals surface area contributed by atoms with E-state index in [0.29, 0.717) is 31.2 Å². The van der Waals surface area contributed by atoms with Crippen molar-refractivity contribution >= 4 is 15.7 Å². The van der Waals surface area contributed by atoms with Gasteiger partial charge in [-0.05, 0) is 24.3 Å². The van der Waals surface area contributed by atoms with E-state index in [9.17, 15) is 13.5 Å². The third-order valence-corrected chi connectivity index (χ3v) is 6.58. The van der Waals surface area contributed by atoms with E-state index < -0.39 is 16.1 Å². The molecule has 7 nitrogen and oxygen atoms in total. The van der Waals surface area contributed by atoms with E-state index in [-0.39, 0.29) is 11.4 Å². The highest BCUT2D eigenvalue weighted by Crippen LogP contribution is 2.32. The van der Waals surface area contributed by atoms with Gasteiger partial charge in [-0.3, -0.25) is 4.31 Å². The molecule has 28 heavy (non-hydrogen) atoms. The molecule has 0 aromatic heterocycles. The summed E-state index contributed by atoms with van der Waals surface area (Å²) in [6.07, 6.45) is -0.823. The zero-order valence-electron chi connectivity index (χ0n) is 16.0. The molecule has 1 fully saturated rings. The molecule has 152 valence electrons. The van der Waals surface area contributed by atoms with Crippen molar-refractivity contribution < 1.29 is 27.9 Å². The first-order valence-corrected chi connectivity index (χ1v) is 10.8. The lowest BCUT2D eigenvalue weighted by atomic mass is 10.2. The molecule has 0 amide bonds. The maximum absolute atomic E-state index is 13.4. The summed E-state index contributed by atoms with van der Waals surface area (Å²) in [5.74, 6) is 0.438. The van der Waals surface area contributed by atoms with Crippen LogP contribution in [0, 0.1) is 0 Å². The van der Waals surface area contributed by atoms with Crippen LogP contribution in [0.4, 0.5) is 5.69 Å². The van der Waals surface area contributed by atoms with E-state index in [1.54, 1.807) is 54.6 Å². The Balaban J connectivity index is 1.90. The minimum atomic E-state index is -3.86. The largest absolute Gasteiger partial charge is 0.495 e. The number of aliphatic hydroxyl groups is 1. The third-order valence-electron chi connectivity index (χ3n) is 4.79. The van der Waals surface area contributed by atoms with Gasteiger partial charge in [0.25, 0.3) is 10.0 Å². The lowest BCUT2D eigenvalue weighted by Crippen LogP contribution is -3.15. The Morgan fingerprint density at radius 1 is 1.11 bits per heavy atom. The van der Waals surface area contributed by atoms with Crippen LogP contribution in [0.5, 0.6) is 5.75 Å². The molecule has 3 rings (SSSR count). The number of anilines is 1. The highest BCUT2D eigenvalue weighted by molar-refractivity contribution is 7.92. The first-order valence-electron chi connectivity index (χ1n) is 9.32. The molecule has 2 aromatic carbocycles. The quantitative estimate of drug-likeness (QED) is 0.652. The van der Waals surface area contributed by atoms with E-state index in [0.717, 1.165) is 13.1 Å². The van der Waals surface area contributed by atoms with Gasteiger partial charge in [0, 0.05) is 0 Å². The predicted octanol–water partition coefficient (Wildman–Crippen LogP) is 0.167. The van der Waals surface area contributed by atoms with Crippen molar-refractivity contribution in [3.05, 3.63) is 54.6 Å². The average molecular weight is 408 g/mol. The van der Waals surface area contributed by atoms with E-state index in [1.165, 1.54) is 16.3 Å². The van der Waals surface area contributed by atoms with Crippen LogP contribution in [0.1, 0.15) is 0 Å². The average Bonchev–Trinajstić information content (AvgIpc) is 2.73. The molecule has 0 bridgehead atoms. The van der Waals surface area contributed by atoms with Crippen molar-refractivity contribution in [3.8, 4) is 5.75 Å². The molecule has 0 aliphatic carbocycles. The van der Waals surface area contributed by atoms with Crippen LogP contribution in [0.25, 0.3) is 0 Å². The minimum absolute atomic E-state index is 0.0536. The number of hydrogen-bond donors (Lipinski definition) is 2. The van der Waals surface area contributed by atoms with Gasteiger partial charge in [0.05, 0.1) is 37.5 Å². The van der Waals surface area contributed by atoms with Crippen LogP contribution in [0.2, 0.25) is 0 Å². The second-order valence-electron chi connectivity index (χ2n) is 6.74. The third kappa shape index (κ3) is 4.82. The van der Waals surface area contributed by atoms with Gasteiger partial charge in [-0.25, -0.2) is 8.42 Å². The van der Waals surface area contributed by atoms with Crippen LogP contribution in [0.15, 0.2) is 59.5 Å². The minimum Gasteiger partial charge on any atom is -0.495 e. The molecule has 0 unspecified atom stereocenters. The monoisotopic (exact) mass is 407 g/mol. The summed E-state index contributed by atoms with van der Waals surface area (Å²) in [5, 5.41) is 10.7. The lowest BCUT2D eigenvalue weighted by Gasteiger charge is -2.30. The number of morpholine rings is 1. The molecule has 1 atom stereocenters. The Morgan fingerprint density at radius 3 is 2.43 bits per heavy atom. The molecule has 1 heterocycles. The number of ether oxygens (including phenoxy) is 2. The molecule has 1 saturated heterocycles. The van der Waals surface area contributed by atoms with E-state index >= 15 is 0 Å². The lowest BCUT2D eigenvalue weighted by molar-refractivity contribution is -0.910. The van der Waals surface area contributed by atoms with Crippen molar-refractivity contribution in [2.45, 2.75) is 11.0 Å². The van der Waals surface area contributed by atoms with Gasteiger partial charge < -0.3 is 19.5 Å². The summed E-state index contributed by atoms with van der Waals surface area (Å²) in [5.41, 5.74) is 0.407. The fourth-order valence-electron chi connectivity index (χ4n) is 3.33. The van der Waals surface area contributed by atoms with Crippen LogP contribution in [-0.2, 0) is 14.8 Å². The molecule has 0 radical (unpaired) electrons. The Morgan fingerprint density at radius 2 is 1.75 bits per heavy atom. The Bertz CT molecular complexity index is 854. The highest BCUT2D eigenvalue weighted by atomic mass is 32.2. The number of quaternary nitrogens is 1. The summed E-state index contributed by atoms with van der Waals surface area (Å²) < 4.78 is 38.7. The van der Waals surface area contributed by atoms with Gasteiger partial charge in [-0.2, -0.15) is 0 Å². The number of benzene rings is 2. The summed E-state index contributed by atoms with van der Waals surface area (Å²) >= 11 is 0. The van der Waals surface area contributed by atoms with Crippen LogP contribution < -0.4 is 13.9 Å². The topological polar surface area (TPSA) is 80.5 Å². The fraction of sp³-hybridized carbons (Fsp3) is 0.400. The highest BCUT2D eigenvalue weighted by Gasteiger charge is 2.30. The van der Waals surface area contributed by atoms with E-state index in [4.69, 9.17) is 9.47 Å². The summed E-state index contributed by atoms with van der Waals surface area (Å²) in [6.45, 7) is 3.32. The summed E-state index contributed by atoms with van der Waals surface area (Å²) in [6, 6.07) is 15.2. The number of sulfonamides is 1. The molecule has 0 spiro atoms. The van der Waals surface area contributed by atoms with Crippen molar-refractivity contribution in [1.29, 1.82) is 0 Å². The molecular formula is C20H27N2O5S+. The molecule has 8 heteroatoms. The Labute approximate surface area is 166 Å². The molecule has 0 saturated carbocycles. The van der Waals surface area contributed by atoms with Crippen LogP contribution in [-0.4, -0.2) is 66.1 Å². The number of aliphatic hydroxyl groups excluding tert-OH is 1. The van der Waals surface area contributed by atoms with Crippen LogP contribution >= 0.6 is 0 Å². The van der Waals surface area contributed by atoms with Crippen molar-refractivity contribution in [2.75, 3.05) is 50.8 Å². The van der Waals surface area contributed by atoms with Crippen LogP contribution in [0.3, 0.4) is 0 Å². The summed E-state index contributed by atoms with van der Waals surface area (Å²) in [7, 11) is -2.36. The molecule has 1 aliphatic rings. The first kappa shape index (κ1) is 20.6. The van der Waals surface area contributed by atoms with Crippen molar-refractivity contribution in [2.24, 2.45) is 0 Å². The molecule has 2 N–H and O–H groups in total. The summed E-state index contributed by atoms with van der Waals surface area (Å²) in [4.78, 5) is 1.38. The van der Waals surface area contributed by atoms with Gasteiger partial charge in [-0.1, -0.05) is 30.3 Å². The number of rotatable bonds is 8. The van der Waals surface area contributed by atoms with E-state index in [1.807, 2.05) is 0 Å². The number of para-hydroxylation sites is 2. The fourth-order valence-corrected chi connectivity index (χ4v) is 4.87. The zero-order valence-corrected chi connectivity index (χ0v) is 16.8. The zero-order chi connectivity index (χ0) is 20.0. The molecular weight excluding hydrogens is 380 g/mol. The van der Waals surface area contributed by atoms with Gasteiger partial charge in [-0.15, -0.1) is 0 Å². The van der Waals surface area contributed by atoms with Gasteiger partial charge in [0.2, 0.25) is 0 Å².